The van der Waals surface area contributed by atoms with Crippen molar-refractivity contribution >= 4 is 18.1 Å². The number of rotatable bonds is 3. The molecular weight excluding hydrogens is 439 g/mol. The van der Waals surface area contributed by atoms with E-state index in [0.717, 1.165) is 54.2 Å². The lowest BCUT2D eigenvalue weighted by atomic mass is 9.77. The second kappa shape index (κ2) is 9.18. The number of nitriles is 1. The van der Waals surface area contributed by atoms with Crippen LogP contribution in [-0.4, -0.2) is 45.3 Å². The Hall–Kier alpha value is -1.85. The second-order valence-corrected chi connectivity index (χ2v) is 9.63. The summed E-state index contributed by atoms with van der Waals surface area (Å²) >= 11 is 0. The van der Waals surface area contributed by atoms with Gasteiger partial charge in [-0.2, -0.15) is 23.5 Å². The predicted molar refractivity (Wildman–Crippen MR) is 119 cm³/mol. The van der Waals surface area contributed by atoms with Gasteiger partial charge in [0.15, 0.2) is 5.65 Å². The van der Waals surface area contributed by atoms with Gasteiger partial charge in [-0.1, -0.05) is 6.92 Å². The molecule has 2 aliphatic rings. The number of piperidine rings is 1. The van der Waals surface area contributed by atoms with Gasteiger partial charge in [-0.05, 0) is 64.5 Å². The molecule has 0 bridgehead atoms. The molecule has 1 saturated carbocycles. The zero-order valence-corrected chi connectivity index (χ0v) is 19.7. The number of fused-ring (bicyclic) bond motifs is 1. The number of nitrogens with zero attached hydrogens (tertiary/aromatic N) is 5. The summed E-state index contributed by atoms with van der Waals surface area (Å²) in [5.74, 6) is -1.14. The van der Waals surface area contributed by atoms with Crippen LogP contribution in [0.1, 0.15) is 74.0 Å². The van der Waals surface area contributed by atoms with Crippen molar-refractivity contribution in [3.63, 3.8) is 0 Å². The Balaban J connectivity index is 0.00000289. The summed E-state index contributed by atoms with van der Waals surface area (Å²) in [6.07, 6.45) is -0.737. The van der Waals surface area contributed by atoms with E-state index in [-0.39, 0.29) is 36.6 Å². The van der Waals surface area contributed by atoms with Crippen molar-refractivity contribution in [3.8, 4) is 6.07 Å². The first-order valence-corrected chi connectivity index (χ1v) is 11.2. The minimum Gasteiger partial charge on any atom is -0.290 e. The monoisotopic (exact) mass is 469 g/mol. The summed E-state index contributed by atoms with van der Waals surface area (Å²) in [5.41, 5.74) is 4.63. The summed E-state index contributed by atoms with van der Waals surface area (Å²) in [4.78, 5) is 6.93. The van der Waals surface area contributed by atoms with Gasteiger partial charge < -0.3 is 0 Å². The normalized spacial score (nSPS) is 27.2. The highest BCUT2D eigenvalue weighted by Crippen LogP contribution is 2.43. The zero-order valence-electron chi connectivity index (χ0n) is 18.9. The van der Waals surface area contributed by atoms with Crippen LogP contribution in [0.3, 0.4) is 0 Å². The lowest BCUT2D eigenvalue weighted by molar-refractivity contribution is -0.182. The van der Waals surface area contributed by atoms with Crippen LogP contribution in [0.25, 0.3) is 5.65 Å². The Bertz CT molecular complexity index is 1000. The van der Waals surface area contributed by atoms with E-state index in [9.17, 15) is 13.2 Å². The van der Waals surface area contributed by atoms with Gasteiger partial charge in [-0.25, -0.2) is 9.50 Å². The summed E-state index contributed by atoms with van der Waals surface area (Å²) in [5, 5.41) is 14.1. The number of aromatic nitrogens is 3. The molecule has 0 aromatic carbocycles. The van der Waals surface area contributed by atoms with Gasteiger partial charge >= 0.3 is 6.18 Å². The van der Waals surface area contributed by atoms with E-state index in [1.165, 1.54) is 0 Å². The molecule has 2 aromatic heterocycles. The van der Waals surface area contributed by atoms with Gasteiger partial charge in [0.2, 0.25) is 0 Å². The Morgan fingerprint density at radius 2 is 1.91 bits per heavy atom. The van der Waals surface area contributed by atoms with Gasteiger partial charge in [0, 0.05) is 29.6 Å². The minimum atomic E-state index is -4.10. The smallest absolute Gasteiger partial charge is 0.290 e. The van der Waals surface area contributed by atoms with Crippen LogP contribution in [0.5, 0.6) is 0 Å². The Labute approximate surface area is 193 Å². The summed E-state index contributed by atoms with van der Waals surface area (Å²) in [7, 11) is 0. The third-order valence-electron chi connectivity index (χ3n) is 7.35. The SMILES string of the molecule is Cc1nc2cc(C3CCC(C(F)(F)F)CC3)nn2c([C@]2(C)CCCN(CC#N)C2)c1C.Cl. The molecule has 4 rings (SSSR count). The fourth-order valence-electron chi connectivity index (χ4n) is 5.62. The average molecular weight is 470 g/mol. The molecule has 0 radical (unpaired) electrons. The molecule has 176 valence electrons. The third kappa shape index (κ3) is 4.60. The maximum absolute atomic E-state index is 13.1. The quantitative estimate of drug-likeness (QED) is 0.558. The molecule has 3 heterocycles. The Kier molecular flexibility index (Phi) is 7.11. The van der Waals surface area contributed by atoms with Gasteiger partial charge in [-0.3, -0.25) is 4.90 Å². The van der Waals surface area contributed by atoms with Crippen LogP contribution in [0.15, 0.2) is 6.07 Å². The van der Waals surface area contributed by atoms with Crippen molar-refractivity contribution in [3.05, 3.63) is 28.7 Å². The number of hydrogen-bond acceptors (Lipinski definition) is 4. The molecule has 1 aliphatic carbocycles. The number of halogens is 4. The molecule has 2 aromatic rings. The molecule has 9 heteroatoms. The molecule has 1 atom stereocenters. The van der Waals surface area contributed by atoms with Crippen LogP contribution >= 0.6 is 12.4 Å². The van der Waals surface area contributed by atoms with Gasteiger partial charge in [-0.15, -0.1) is 12.4 Å². The molecule has 0 unspecified atom stereocenters. The van der Waals surface area contributed by atoms with Gasteiger partial charge in [0.1, 0.15) is 0 Å². The second-order valence-electron chi connectivity index (χ2n) is 9.63. The van der Waals surface area contributed by atoms with E-state index in [2.05, 4.69) is 24.8 Å². The van der Waals surface area contributed by atoms with E-state index < -0.39 is 12.1 Å². The topological polar surface area (TPSA) is 57.2 Å². The highest BCUT2D eigenvalue weighted by Gasteiger charge is 2.42. The lowest BCUT2D eigenvalue weighted by Gasteiger charge is -2.40. The molecule has 0 N–H and O–H groups in total. The molecule has 1 aliphatic heterocycles. The van der Waals surface area contributed by atoms with Crippen molar-refractivity contribution < 1.29 is 13.2 Å². The van der Waals surface area contributed by atoms with E-state index >= 15 is 0 Å². The largest absolute Gasteiger partial charge is 0.391 e. The predicted octanol–water partition coefficient (Wildman–Crippen LogP) is 5.48. The number of alkyl halides is 3. The first kappa shape index (κ1) is 24.8. The van der Waals surface area contributed by atoms with Crippen LogP contribution in [0, 0.1) is 31.1 Å². The number of hydrogen-bond donors (Lipinski definition) is 0. The van der Waals surface area contributed by atoms with Crippen molar-refractivity contribution in [1.82, 2.24) is 19.5 Å². The van der Waals surface area contributed by atoms with E-state index in [0.29, 0.717) is 19.4 Å². The highest BCUT2D eigenvalue weighted by molar-refractivity contribution is 5.85. The molecule has 32 heavy (non-hydrogen) atoms. The van der Waals surface area contributed by atoms with E-state index in [4.69, 9.17) is 15.3 Å². The third-order valence-corrected chi connectivity index (χ3v) is 7.35. The average Bonchev–Trinajstić information content (AvgIpc) is 3.11. The van der Waals surface area contributed by atoms with Crippen LogP contribution in [-0.2, 0) is 5.41 Å². The first-order chi connectivity index (χ1) is 14.6. The number of aryl methyl sites for hydroxylation is 1. The van der Waals surface area contributed by atoms with E-state index in [1.807, 2.05) is 17.5 Å². The Morgan fingerprint density at radius 1 is 1.22 bits per heavy atom. The Morgan fingerprint density at radius 3 is 2.53 bits per heavy atom. The van der Waals surface area contributed by atoms with Gasteiger partial charge in [0.05, 0.1) is 29.9 Å². The summed E-state index contributed by atoms with van der Waals surface area (Å²) < 4.78 is 41.1. The molecule has 1 saturated heterocycles. The van der Waals surface area contributed by atoms with Crippen molar-refractivity contribution in [2.45, 2.75) is 76.8 Å². The van der Waals surface area contributed by atoms with Crippen molar-refractivity contribution in [2.24, 2.45) is 5.92 Å². The van der Waals surface area contributed by atoms with Crippen LogP contribution in [0.4, 0.5) is 13.2 Å². The molecule has 2 fully saturated rings. The van der Waals surface area contributed by atoms with Crippen molar-refractivity contribution in [2.75, 3.05) is 19.6 Å². The summed E-state index contributed by atoms with van der Waals surface area (Å²) in [6.45, 7) is 8.41. The number of likely N-dealkylation sites (tertiary alicyclic amines) is 1. The zero-order chi connectivity index (χ0) is 22.4. The molecule has 5 nitrogen and oxygen atoms in total. The molecule has 0 spiro atoms. The highest BCUT2D eigenvalue weighted by atomic mass is 35.5. The maximum Gasteiger partial charge on any atom is 0.391 e. The minimum absolute atomic E-state index is 0. The van der Waals surface area contributed by atoms with Crippen LogP contribution < -0.4 is 0 Å². The fourth-order valence-corrected chi connectivity index (χ4v) is 5.62. The fraction of sp³-hybridized carbons (Fsp3) is 0.696. The molecular formula is C23H31ClF3N5. The van der Waals surface area contributed by atoms with E-state index in [1.54, 1.807) is 0 Å². The standard InChI is InChI=1S/C23H30F3N5.ClH/c1-15-16(2)28-20-13-19(17-5-7-18(8-6-17)23(24,25)26)29-31(20)21(15)22(3)9-4-11-30(14-22)12-10-27;/h13,17-18H,4-9,11-12,14H2,1-3H3;1H/t17?,18?,22-;/m1./s1. The summed E-state index contributed by atoms with van der Waals surface area (Å²) in [6, 6.07) is 4.23. The van der Waals surface area contributed by atoms with Crippen molar-refractivity contribution in [1.29, 1.82) is 5.26 Å². The maximum atomic E-state index is 13.1. The molecule has 0 amide bonds. The van der Waals surface area contributed by atoms with Crippen LogP contribution in [0.2, 0.25) is 0 Å². The van der Waals surface area contributed by atoms with Gasteiger partial charge in [0.25, 0.3) is 0 Å². The first-order valence-electron chi connectivity index (χ1n) is 11.2. The lowest BCUT2D eigenvalue weighted by Crippen LogP contribution is -2.46.